The quantitative estimate of drug-likeness (QED) is 0.664. The van der Waals surface area contributed by atoms with Gasteiger partial charge in [0.1, 0.15) is 5.82 Å². The predicted octanol–water partition coefficient (Wildman–Crippen LogP) is 1.07. The van der Waals surface area contributed by atoms with E-state index in [4.69, 9.17) is 10.8 Å². The molecule has 68 valence electrons. The second-order valence-corrected chi connectivity index (χ2v) is 2.64. The maximum atomic E-state index is 10.2. The van der Waals surface area contributed by atoms with E-state index < -0.39 is 5.97 Å². The highest BCUT2D eigenvalue weighted by Gasteiger charge is 1.96. The van der Waals surface area contributed by atoms with Crippen molar-refractivity contribution in [2.24, 2.45) is 0 Å². The van der Waals surface area contributed by atoms with Gasteiger partial charge in [0.15, 0.2) is 0 Å². The Morgan fingerprint density at radius 2 is 2.38 bits per heavy atom. The van der Waals surface area contributed by atoms with Gasteiger partial charge in [-0.25, -0.2) is 9.78 Å². The minimum atomic E-state index is -0.976. The van der Waals surface area contributed by atoms with Gasteiger partial charge < -0.3 is 10.8 Å². The lowest BCUT2D eigenvalue weighted by molar-refractivity contribution is -0.131. The highest BCUT2D eigenvalue weighted by atomic mass is 16.4. The molecule has 0 aliphatic carbocycles. The fourth-order valence-corrected chi connectivity index (χ4v) is 0.924. The average molecular weight is 178 g/mol. The van der Waals surface area contributed by atoms with Gasteiger partial charge in [0, 0.05) is 12.3 Å². The SMILES string of the molecule is Cc1cc(N)ncc1/C=C/C(=O)O. The van der Waals surface area contributed by atoms with Gasteiger partial charge >= 0.3 is 5.97 Å². The van der Waals surface area contributed by atoms with Gasteiger partial charge in [0.05, 0.1) is 0 Å². The number of aliphatic carboxylic acids is 1. The second kappa shape index (κ2) is 3.71. The van der Waals surface area contributed by atoms with Gasteiger partial charge in [-0.15, -0.1) is 0 Å². The van der Waals surface area contributed by atoms with Crippen LogP contribution in [0.4, 0.5) is 5.82 Å². The summed E-state index contributed by atoms with van der Waals surface area (Å²) < 4.78 is 0. The van der Waals surface area contributed by atoms with Gasteiger partial charge in [-0.1, -0.05) is 0 Å². The van der Waals surface area contributed by atoms with Gasteiger partial charge in [-0.2, -0.15) is 0 Å². The molecule has 0 fully saturated rings. The molecule has 4 nitrogen and oxygen atoms in total. The van der Waals surface area contributed by atoms with E-state index in [1.54, 1.807) is 12.3 Å². The first-order chi connectivity index (χ1) is 6.09. The van der Waals surface area contributed by atoms with E-state index in [1.165, 1.54) is 6.08 Å². The Balaban J connectivity index is 2.96. The summed E-state index contributed by atoms with van der Waals surface area (Å²) in [6, 6.07) is 1.70. The molecule has 3 N–H and O–H groups in total. The molecule has 0 unspecified atom stereocenters. The summed E-state index contributed by atoms with van der Waals surface area (Å²) in [4.78, 5) is 14.1. The van der Waals surface area contributed by atoms with Gasteiger partial charge in [-0.05, 0) is 30.2 Å². The number of nitrogens with two attached hydrogens (primary N) is 1. The summed E-state index contributed by atoms with van der Waals surface area (Å²) in [5.41, 5.74) is 7.10. The van der Waals surface area contributed by atoms with Crippen molar-refractivity contribution in [2.75, 3.05) is 5.73 Å². The Morgan fingerprint density at radius 3 is 2.92 bits per heavy atom. The Kier molecular flexibility index (Phi) is 2.64. The first-order valence-electron chi connectivity index (χ1n) is 3.72. The van der Waals surface area contributed by atoms with Crippen LogP contribution in [-0.2, 0) is 4.79 Å². The number of rotatable bonds is 2. The maximum Gasteiger partial charge on any atom is 0.328 e. The van der Waals surface area contributed by atoms with Crippen molar-refractivity contribution in [1.29, 1.82) is 0 Å². The van der Waals surface area contributed by atoms with E-state index in [0.29, 0.717) is 5.82 Å². The molecule has 0 radical (unpaired) electrons. The zero-order valence-electron chi connectivity index (χ0n) is 7.19. The molecule has 0 aliphatic heterocycles. The molecule has 0 saturated heterocycles. The Morgan fingerprint density at radius 1 is 1.69 bits per heavy atom. The van der Waals surface area contributed by atoms with E-state index in [2.05, 4.69) is 4.98 Å². The van der Waals surface area contributed by atoms with Crippen LogP contribution in [0.3, 0.4) is 0 Å². The van der Waals surface area contributed by atoms with E-state index >= 15 is 0 Å². The molecule has 0 saturated carbocycles. The third-order valence-corrected chi connectivity index (χ3v) is 1.58. The fraction of sp³-hybridized carbons (Fsp3) is 0.111. The Bertz CT molecular complexity index is 359. The molecule has 1 aromatic rings. The minimum absolute atomic E-state index is 0.435. The molecule has 0 spiro atoms. The molecule has 0 amide bonds. The van der Waals surface area contributed by atoms with Crippen molar-refractivity contribution in [2.45, 2.75) is 6.92 Å². The summed E-state index contributed by atoms with van der Waals surface area (Å²) in [7, 11) is 0. The Labute approximate surface area is 75.7 Å². The molecule has 0 atom stereocenters. The van der Waals surface area contributed by atoms with Crippen LogP contribution in [0.15, 0.2) is 18.3 Å². The van der Waals surface area contributed by atoms with E-state index in [0.717, 1.165) is 17.2 Å². The number of aryl methyl sites for hydroxylation is 1. The van der Waals surface area contributed by atoms with Crippen LogP contribution in [0.5, 0.6) is 0 Å². The van der Waals surface area contributed by atoms with Crippen molar-refractivity contribution in [3.63, 3.8) is 0 Å². The van der Waals surface area contributed by atoms with Crippen LogP contribution < -0.4 is 5.73 Å². The Hall–Kier alpha value is -1.84. The largest absolute Gasteiger partial charge is 0.478 e. The van der Waals surface area contributed by atoms with Crippen LogP contribution in [0, 0.1) is 6.92 Å². The molecular weight excluding hydrogens is 168 g/mol. The summed E-state index contributed by atoms with van der Waals surface area (Å²) in [5.74, 6) is -0.541. The van der Waals surface area contributed by atoms with Crippen molar-refractivity contribution < 1.29 is 9.90 Å². The molecule has 0 aliphatic rings. The molecule has 13 heavy (non-hydrogen) atoms. The molecule has 0 bridgehead atoms. The average Bonchev–Trinajstić information content (AvgIpc) is 2.02. The summed E-state index contributed by atoms with van der Waals surface area (Å²) in [5, 5.41) is 8.39. The number of carboxylic acid groups (broad SMARTS) is 1. The molecular formula is C9H10N2O2. The zero-order valence-corrected chi connectivity index (χ0v) is 7.19. The van der Waals surface area contributed by atoms with Gasteiger partial charge in [-0.3, -0.25) is 0 Å². The molecule has 0 aromatic carbocycles. The summed E-state index contributed by atoms with van der Waals surface area (Å²) in [6.45, 7) is 1.85. The first-order valence-corrected chi connectivity index (χ1v) is 3.72. The van der Waals surface area contributed by atoms with E-state index in [-0.39, 0.29) is 0 Å². The lowest BCUT2D eigenvalue weighted by Crippen LogP contribution is -1.93. The van der Waals surface area contributed by atoms with Gasteiger partial charge in [0.2, 0.25) is 0 Å². The van der Waals surface area contributed by atoms with Gasteiger partial charge in [0.25, 0.3) is 0 Å². The van der Waals surface area contributed by atoms with Crippen molar-refractivity contribution >= 4 is 17.9 Å². The normalized spacial score (nSPS) is 10.5. The van der Waals surface area contributed by atoms with Crippen molar-refractivity contribution in [3.8, 4) is 0 Å². The number of carbonyl (C=O) groups is 1. The number of aromatic nitrogens is 1. The topological polar surface area (TPSA) is 76.2 Å². The molecule has 4 heteroatoms. The smallest absolute Gasteiger partial charge is 0.328 e. The van der Waals surface area contributed by atoms with E-state index in [1.807, 2.05) is 6.92 Å². The zero-order chi connectivity index (χ0) is 9.84. The molecule has 1 heterocycles. The fourth-order valence-electron chi connectivity index (χ4n) is 0.924. The number of nitrogens with zero attached hydrogens (tertiary/aromatic N) is 1. The van der Waals surface area contributed by atoms with Crippen LogP contribution in [0.1, 0.15) is 11.1 Å². The highest BCUT2D eigenvalue weighted by molar-refractivity contribution is 5.85. The van der Waals surface area contributed by atoms with Crippen molar-refractivity contribution in [3.05, 3.63) is 29.5 Å². The third kappa shape index (κ3) is 2.59. The molecule has 1 aromatic heterocycles. The standard InChI is InChI=1S/C9H10N2O2/c1-6-4-8(10)11-5-7(6)2-3-9(12)13/h2-5H,1H3,(H2,10,11)(H,12,13)/b3-2+. The number of carboxylic acids is 1. The minimum Gasteiger partial charge on any atom is -0.478 e. The van der Waals surface area contributed by atoms with Crippen LogP contribution in [0.2, 0.25) is 0 Å². The summed E-state index contributed by atoms with van der Waals surface area (Å²) in [6.07, 6.45) is 4.11. The second-order valence-electron chi connectivity index (χ2n) is 2.64. The highest BCUT2D eigenvalue weighted by Crippen LogP contribution is 2.10. The summed E-state index contributed by atoms with van der Waals surface area (Å²) >= 11 is 0. The third-order valence-electron chi connectivity index (χ3n) is 1.58. The first kappa shape index (κ1) is 9.25. The number of hydrogen-bond donors (Lipinski definition) is 2. The predicted molar refractivity (Wildman–Crippen MR) is 50.1 cm³/mol. The number of pyridine rings is 1. The maximum absolute atomic E-state index is 10.2. The monoisotopic (exact) mass is 178 g/mol. The van der Waals surface area contributed by atoms with Crippen molar-refractivity contribution in [1.82, 2.24) is 4.98 Å². The van der Waals surface area contributed by atoms with Crippen LogP contribution >= 0.6 is 0 Å². The number of nitrogen functional groups attached to an aromatic ring is 1. The number of anilines is 1. The van der Waals surface area contributed by atoms with Crippen LogP contribution in [-0.4, -0.2) is 16.1 Å². The lowest BCUT2D eigenvalue weighted by Gasteiger charge is -1.99. The number of hydrogen-bond acceptors (Lipinski definition) is 3. The van der Waals surface area contributed by atoms with E-state index in [9.17, 15) is 4.79 Å². The van der Waals surface area contributed by atoms with Crippen LogP contribution in [0.25, 0.3) is 6.08 Å². The molecule has 1 rings (SSSR count). The lowest BCUT2D eigenvalue weighted by atomic mass is 10.1.